The van der Waals surface area contributed by atoms with Crippen molar-refractivity contribution in [1.29, 1.82) is 0 Å². The molecular formula is C25H36N4O2. The monoisotopic (exact) mass is 424 g/mol. The Morgan fingerprint density at radius 1 is 1.06 bits per heavy atom. The van der Waals surface area contributed by atoms with Gasteiger partial charge in [-0.3, -0.25) is 4.90 Å². The van der Waals surface area contributed by atoms with Gasteiger partial charge in [0, 0.05) is 45.5 Å². The maximum absolute atomic E-state index is 10.9. The highest BCUT2D eigenvalue weighted by molar-refractivity contribution is 5.58. The van der Waals surface area contributed by atoms with Crippen molar-refractivity contribution in [2.24, 2.45) is 11.8 Å². The predicted molar refractivity (Wildman–Crippen MR) is 122 cm³/mol. The normalized spacial score (nSPS) is 29.2. The highest BCUT2D eigenvalue weighted by Gasteiger charge is 2.43. The van der Waals surface area contributed by atoms with Crippen molar-refractivity contribution in [3.8, 4) is 5.75 Å². The number of nitrogens with zero attached hydrogens (tertiary/aromatic N) is 4. The summed E-state index contributed by atoms with van der Waals surface area (Å²) in [6.45, 7) is 8.33. The summed E-state index contributed by atoms with van der Waals surface area (Å²) in [5.74, 6) is 2.08. The zero-order chi connectivity index (χ0) is 21.2. The van der Waals surface area contributed by atoms with Crippen LogP contribution in [0.25, 0.3) is 0 Å². The molecule has 0 spiro atoms. The van der Waals surface area contributed by atoms with Gasteiger partial charge in [-0.05, 0) is 63.0 Å². The van der Waals surface area contributed by atoms with Gasteiger partial charge in [-0.15, -0.1) is 0 Å². The number of hydrogen-bond donors (Lipinski definition) is 1. The van der Waals surface area contributed by atoms with Gasteiger partial charge in [0.15, 0.2) is 0 Å². The number of likely N-dealkylation sites (tertiary alicyclic amines) is 1. The van der Waals surface area contributed by atoms with E-state index in [4.69, 9.17) is 4.74 Å². The summed E-state index contributed by atoms with van der Waals surface area (Å²) >= 11 is 0. The molecule has 2 aromatic rings. The van der Waals surface area contributed by atoms with E-state index in [0.717, 1.165) is 63.6 Å². The number of fused-ring (bicyclic) bond motifs is 1. The number of piperidine rings is 1. The standard InChI is InChI=1S/C25H36N4O2/c1-2-27-16-21(26-18-27)17-28-14-19-12-23(30)25(13-20(19)15-28)31-24-9-5-4-8-22(24)29-10-6-3-7-11-29/h4-5,8-9,16,18-20,23,25,30H,2-3,6-7,10-15,17H2,1H3/t19-,20+,23+,25+/m0/s1. The summed E-state index contributed by atoms with van der Waals surface area (Å²) in [6, 6.07) is 8.39. The van der Waals surface area contributed by atoms with Crippen molar-refractivity contribution in [2.45, 2.75) is 64.3 Å². The van der Waals surface area contributed by atoms with Gasteiger partial charge >= 0.3 is 0 Å². The van der Waals surface area contributed by atoms with Crippen molar-refractivity contribution in [3.63, 3.8) is 0 Å². The molecule has 1 saturated carbocycles. The van der Waals surface area contributed by atoms with Gasteiger partial charge in [-0.25, -0.2) is 4.98 Å². The summed E-state index contributed by atoms with van der Waals surface area (Å²) < 4.78 is 8.64. The molecule has 0 unspecified atom stereocenters. The fraction of sp³-hybridized carbons (Fsp3) is 0.640. The molecule has 4 atom stereocenters. The van der Waals surface area contributed by atoms with E-state index >= 15 is 0 Å². The Kier molecular flexibility index (Phi) is 6.19. The first-order chi connectivity index (χ1) is 15.2. The molecule has 1 N–H and O–H groups in total. The SMILES string of the molecule is CCn1cnc(CN2C[C@H]3C[C@@H](Oc4ccccc4N4CCCCC4)[C@H](O)C[C@H]3C2)c1. The lowest BCUT2D eigenvalue weighted by Gasteiger charge is -2.37. The topological polar surface area (TPSA) is 53.8 Å². The van der Waals surface area contributed by atoms with Crippen LogP contribution < -0.4 is 9.64 Å². The third kappa shape index (κ3) is 4.60. The molecule has 1 aliphatic carbocycles. The van der Waals surface area contributed by atoms with Gasteiger partial charge in [-0.2, -0.15) is 0 Å². The third-order valence-corrected chi connectivity index (χ3v) is 7.44. The van der Waals surface area contributed by atoms with E-state index in [-0.39, 0.29) is 6.10 Å². The Morgan fingerprint density at radius 2 is 1.84 bits per heavy atom. The lowest BCUT2D eigenvalue weighted by atomic mass is 9.78. The van der Waals surface area contributed by atoms with Crippen molar-refractivity contribution in [3.05, 3.63) is 42.5 Å². The first kappa shape index (κ1) is 20.8. The molecule has 1 aromatic heterocycles. The molecule has 0 amide bonds. The minimum Gasteiger partial charge on any atom is -0.486 e. The maximum Gasteiger partial charge on any atom is 0.143 e. The quantitative estimate of drug-likeness (QED) is 0.769. The van der Waals surface area contributed by atoms with Gasteiger partial charge in [-0.1, -0.05) is 12.1 Å². The lowest BCUT2D eigenvalue weighted by Crippen LogP contribution is -2.42. The molecule has 3 aliphatic rings. The zero-order valence-electron chi connectivity index (χ0n) is 18.7. The van der Waals surface area contributed by atoms with Crippen LogP contribution in [0.3, 0.4) is 0 Å². The molecule has 2 aliphatic heterocycles. The van der Waals surface area contributed by atoms with E-state index in [0.29, 0.717) is 11.8 Å². The van der Waals surface area contributed by atoms with E-state index in [1.54, 1.807) is 0 Å². The lowest BCUT2D eigenvalue weighted by molar-refractivity contribution is -0.0229. The second kappa shape index (κ2) is 9.21. The molecule has 6 nitrogen and oxygen atoms in total. The molecule has 5 rings (SSSR count). The minimum atomic E-state index is -0.394. The van der Waals surface area contributed by atoms with Crippen LogP contribution in [0.4, 0.5) is 5.69 Å². The van der Waals surface area contributed by atoms with E-state index in [2.05, 4.69) is 50.7 Å². The first-order valence-electron chi connectivity index (χ1n) is 12.1. The van der Waals surface area contributed by atoms with Crippen LogP contribution in [-0.2, 0) is 13.1 Å². The number of aliphatic hydroxyl groups is 1. The van der Waals surface area contributed by atoms with Gasteiger partial charge in [0.1, 0.15) is 11.9 Å². The molecule has 2 saturated heterocycles. The smallest absolute Gasteiger partial charge is 0.143 e. The summed E-state index contributed by atoms with van der Waals surface area (Å²) in [5.41, 5.74) is 2.33. The number of benzene rings is 1. The molecule has 3 fully saturated rings. The molecule has 0 radical (unpaired) electrons. The van der Waals surface area contributed by atoms with E-state index in [1.807, 2.05) is 12.4 Å². The summed E-state index contributed by atoms with van der Waals surface area (Å²) in [7, 11) is 0. The molecule has 3 heterocycles. The molecular weight excluding hydrogens is 388 g/mol. The number of aliphatic hydroxyl groups excluding tert-OH is 1. The number of para-hydroxylation sites is 2. The number of aromatic nitrogens is 2. The van der Waals surface area contributed by atoms with Crippen LogP contribution in [0.1, 0.15) is 44.7 Å². The van der Waals surface area contributed by atoms with Crippen LogP contribution in [0.2, 0.25) is 0 Å². The average Bonchev–Trinajstić information content (AvgIpc) is 3.41. The Bertz CT molecular complexity index is 863. The molecule has 168 valence electrons. The number of aryl methyl sites for hydroxylation is 1. The fourth-order valence-electron chi connectivity index (χ4n) is 5.75. The highest BCUT2D eigenvalue weighted by atomic mass is 16.5. The van der Waals surface area contributed by atoms with Crippen LogP contribution in [0, 0.1) is 11.8 Å². The molecule has 1 aromatic carbocycles. The van der Waals surface area contributed by atoms with Gasteiger partial charge in [0.25, 0.3) is 0 Å². The van der Waals surface area contributed by atoms with Crippen LogP contribution in [0.15, 0.2) is 36.8 Å². The van der Waals surface area contributed by atoms with Crippen LogP contribution in [-0.4, -0.2) is 57.9 Å². The average molecular weight is 425 g/mol. The maximum atomic E-state index is 10.9. The van der Waals surface area contributed by atoms with Gasteiger partial charge in [0.05, 0.1) is 23.8 Å². The number of imidazole rings is 1. The van der Waals surface area contributed by atoms with Crippen LogP contribution >= 0.6 is 0 Å². The number of rotatable bonds is 6. The Balaban J connectivity index is 1.23. The summed E-state index contributed by atoms with van der Waals surface area (Å²) in [6.07, 6.45) is 9.14. The number of ether oxygens (including phenoxy) is 1. The summed E-state index contributed by atoms with van der Waals surface area (Å²) in [5, 5.41) is 10.9. The molecule has 0 bridgehead atoms. The second-order valence-electron chi connectivity index (χ2n) is 9.62. The minimum absolute atomic E-state index is 0.119. The second-order valence-corrected chi connectivity index (χ2v) is 9.62. The first-order valence-corrected chi connectivity index (χ1v) is 12.1. The van der Waals surface area contributed by atoms with Crippen molar-refractivity contribution >= 4 is 5.69 Å². The van der Waals surface area contributed by atoms with E-state index < -0.39 is 6.10 Å². The van der Waals surface area contributed by atoms with Crippen molar-refractivity contribution < 1.29 is 9.84 Å². The number of anilines is 1. The van der Waals surface area contributed by atoms with Gasteiger partial charge in [0.2, 0.25) is 0 Å². The van der Waals surface area contributed by atoms with Crippen molar-refractivity contribution in [2.75, 3.05) is 31.1 Å². The predicted octanol–water partition coefficient (Wildman–Crippen LogP) is 3.54. The van der Waals surface area contributed by atoms with E-state index in [9.17, 15) is 5.11 Å². The largest absolute Gasteiger partial charge is 0.486 e. The molecule has 6 heteroatoms. The van der Waals surface area contributed by atoms with E-state index in [1.165, 1.54) is 24.9 Å². The zero-order valence-corrected chi connectivity index (χ0v) is 18.7. The Hall–Kier alpha value is -2.05. The highest BCUT2D eigenvalue weighted by Crippen LogP contribution is 2.40. The number of hydrogen-bond acceptors (Lipinski definition) is 5. The molecule has 31 heavy (non-hydrogen) atoms. The summed E-state index contributed by atoms with van der Waals surface area (Å²) in [4.78, 5) is 9.51. The van der Waals surface area contributed by atoms with Crippen LogP contribution in [0.5, 0.6) is 5.75 Å². The Morgan fingerprint density at radius 3 is 2.61 bits per heavy atom. The third-order valence-electron chi connectivity index (χ3n) is 7.44. The van der Waals surface area contributed by atoms with Gasteiger partial charge < -0.3 is 19.3 Å². The Labute approximate surface area is 185 Å². The fourth-order valence-corrected chi connectivity index (χ4v) is 5.75. The van der Waals surface area contributed by atoms with Crippen molar-refractivity contribution in [1.82, 2.24) is 14.5 Å².